The van der Waals surface area contributed by atoms with Crippen LogP contribution in [0.25, 0.3) is 0 Å². The maximum atomic E-state index is 11.3. The number of carbonyl (C=O) groups is 1. The van der Waals surface area contributed by atoms with Crippen molar-refractivity contribution in [3.8, 4) is 0 Å². The van der Waals surface area contributed by atoms with E-state index < -0.39 is 0 Å². The molecule has 1 heteroatoms. The van der Waals surface area contributed by atoms with Crippen LogP contribution >= 0.6 is 0 Å². The summed E-state index contributed by atoms with van der Waals surface area (Å²) in [7, 11) is 0. The monoisotopic (exact) mass is 208 g/mol. The van der Waals surface area contributed by atoms with Crippen LogP contribution in [0.5, 0.6) is 0 Å². The number of hydrogen-bond acceptors (Lipinski definition) is 1. The molecule has 86 valence electrons. The minimum Gasteiger partial charge on any atom is -0.295 e. The molecule has 0 fully saturated rings. The van der Waals surface area contributed by atoms with E-state index in [1.54, 1.807) is 6.08 Å². The maximum Gasteiger partial charge on any atom is 0.155 e. The summed E-state index contributed by atoms with van der Waals surface area (Å²) in [5.74, 6) is 0.239. The first-order chi connectivity index (χ1) is 6.87. The van der Waals surface area contributed by atoms with E-state index in [-0.39, 0.29) is 11.2 Å². The van der Waals surface area contributed by atoms with Crippen molar-refractivity contribution in [2.45, 2.75) is 53.9 Å². The Morgan fingerprint density at radius 3 is 2.33 bits per heavy atom. The molecule has 0 aromatic rings. The van der Waals surface area contributed by atoms with E-state index in [1.165, 1.54) is 5.57 Å². The first-order valence-electron chi connectivity index (χ1n) is 5.73. The second-order valence-corrected chi connectivity index (χ2v) is 5.02. The summed E-state index contributed by atoms with van der Waals surface area (Å²) >= 11 is 0. The quantitative estimate of drug-likeness (QED) is 0.470. The summed E-state index contributed by atoms with van der Waals surface area (Å²) in [6.07, 6.45) is 8.57. The van der Waals surface area contributed by atoms with E-state index >= 15 is 0 Å². The molecule has 0 unspecified atom stereocenters. The Labute approximate surface area is 94.3 Å². The van der Waals surface area contributed by atoms with Crippen LogP contribution in [0, 0.1) is 5.41 Å². The summed E-state index contributed by atoms with van der Waals surface area (Å²) in [6, 6.07) is 0. The van der Waals surface area contributed by atoms with Gasteiger partial charge in [-0.1, -0.05) is 38.5 Å². The second-order valence-electron chi connectivity index (χ2n) is 5.02. The fourth-order valence-electron chi connectivity index (χ4n) is 1.18. The van der Waals surface area contributed by atoms with Crippen molar-refractivity contribution < 1.29 is 4.79 Å². The highest BCUT2D eigenvalue weighted by Crippen LogP contribution is 2.23. The van der Waals surface area contributed by atoms with Gasteiger partial charge in [-0.25, -0.2) is 0 Å². The van der Waals surface area contributed by atoms with Gasteiger partial charge in [0.25, 0.3) is 0 Å². The van der Waals surface area contributed by atoms with Gasteiger partial charge in [0, 0.05) is 6.42 Å². The Kier molecular flexibility index (Phi) is 6.23. The molecule has 0 N–H and O–H groups in total. The van der Waals surface area contributed by atoms with Gasteiger partial charge in [-0.2, -0.15) is 0 Å². The van der Waals surface area contributed by atoms with Crippen LogP contribution in [0.4, 0.5) is 0 Å². The van der Waals surface area contributed by atoms with Crippen molar-refractivity contribution in [3.05, 3.63) is 23.8 Å². The van der Waals surface area contributed by atoms with Crippen molar-refractivity contribution in [2.24, 2.45) is 5.41 Å². The Bertz CT molecular complexity index is 253. The zero-order valence-corrected chi connectivity index (χ0v) is 10.8. The van der Waals surface area contributed by atoms with E-state index in [2.05, 4.69) is 33.8 Å². The van der Waals surface area contributed by atoms with Crippen LogP contribution in [0.2, 0.25) is 0 Å². The first-order valence-corrected chi connectivity index (χ1v) is 5.73. The van der Waals surface area contributed by atoms with Crippen LogP contribution in [0.15, 0.2) is 23.8 Å². The molecule has 0 aliphatic rings. The SMILES string of the molecule is CCCC(=O)C=CC(C)(C)CC=C(C)C. The Hall–Kier alpha value is -0.850. The summed E-state index contributed by atoms with van der Waals surface area (Å²) in [5.41, 5.74) is 1.41. The van der Waals surface area contributed by atoms with Gasteiger partial charge in [-0.15, -0.1) is 0 Å². The van der Waals surface area contributed by atoms with Gasteiger partial charge in [0.15, 0.2) is 5.78 Å². The Morgan fingerprint density at radius 1 is 1.27 bits per heavy atom. The maximum absolute atomic E-state index is 11.3. The van der Waals surface area contributed by atoms with E-state index in [0.29, 0.717) is 6.42 Å². The summed E-state index contributed by atoms with van der Waals surface area (Å²) in [6.45, 7) is 10.5. The standard InChI is InChI=1S/C14H24O/c1-6-7-13(15)9-11-14(4,5)10-8-12(2)3/h8-9,11H,6-7,10H2,1-5H3. The van der Waals surface area contributed by atoms with Crippen molar-refractivity contribution in [1.82, 2.24) is 0 Å². The minimum atomic E-state index is 0.0840. The highest BCUT2D eigenvalue weighted by molar-refractivity contribution is 5.89. The first kappa shape index (κ1) is 14.2. The van der Waals surface area contributed by atoms with Crippen LogP contribution in [-0.4, -0.2) is 5.78 Å². The van der Waals surface area contributed by atoms with Crippen molar-refractivity contribution >= 4 is 5.78 Å². The molecule has 0 saturated heterocycles. The highest BCUT2D eigenvalue weighted by Gasteiger charge is 2.12. The molecule has 0 atom stereocenters. The van der Waals surface area contributed by atoms with Gasteiger partial charge >= 0.3 is 0 Å². The lowest BCUT2D eigenvalue weighted by molar-refractivity contribution is -0.114. The molecule has 0 bridgehead atoms. The lowest BCUT2D eigenvalue weighted by atomic mass is 9.87. The number of ketones is 1. The largest absolute Gasteiger partial charge is 0.295 e. The molecule has 1 nitrogen and oxygen atoms in total. The molecule has 0 aromatic heterocycles. The molecule has 0 aliphatic carbocycles. The molecule has 0 spiro atoms. The lowest BCUT2D eigenvalue weighted by Crippen LogP contribution is -2.07. The van der Waals surface area contributed by atoms with E-state index in [4.69, 9.17) is 0 Å². The van der Waals surface area contributed by atoms with E-state index in [9.17, 15) is 4.79 Å². The zero-order valence-electron chi connectivity index (χ0n) is 10.8. The zero-order chi connectivity index (χ0) is 11.9. The number of allylic oxidation sites excluding steroid dienone is 4. The predicted molar refractivity (Wildman–Crippen MR) is 66.9 cm³/mol. The van der Waals surface area contributed by atoms with E-state index in [1.807, 2.05) is 13.0 Å². The van der Waals surface area contributed by atoms with E-state index in [0.717, 1.165) is 12.8 Å². The smallest absolute Gasteiger partial charge is 0.155 e. The second kappa shape index (κ2) is 6.60. The Balaban J connectivity index is 4.24. The lowest BCUT2D eigenvalue weighted by Gasteiger charge is -2.17. The van der Waals surface area contributed by atoms with Crippen LogP contribution in [0.3, 0.4) is 0 Å². The molecule has 0 aliphatic heterocycles. The van der Waals surface area contributed by atoms with Gasteiger partial charge in [-0.05, 0) is 38.2 Å². The topological polar surface area (TPSA) is 17.1 Å². The van der Waals surface area contributed by atoms with Gasteiger partial charge < -0.3 is 0 Å². The summed E-state index contributed by atoms with van der Waals surface area (Å²) in [4.78, 5) is 11.3. The van der Waals surface area contributed by atoms with Gasteiger partial charge in [0.05, 0.1) is 0 Å². The summed E-state index contributed by atoms with van der Waals surface area (Å²) < 4.78 is 0. The normalized spacial score (nSPS) is 11.8. The fraction of sp³-hybridized carbons (Fsp3) is 0.643. The van der Waals surface area contributed by atoms with Crippen LogP contribution < -0.4 is 0 Å². The van der Waals surface area contributed by atoms with Gasteiger partial charge in [0.2, 0.25) is 0 Å². The van der Waals surface area contributed by atoms with Crippen molar-refractivity contribution in [3.63, 3.8) is 0 Å². The third kappa shape index (κ3) is 8.17. The Morgan fingerprint density at radius 2 is 1.87 bits per heavy atom. The molecule has 0 amide bonds. The molecule has 0 saturated carbocycles. The fourth-order valence-corrected chi connectivity index (χ4v) is 1.18. The molecular formula is C14H24O. The molecular weight excluding hydrogens is 184 g/mol. The number of carbonyl (C=O) groups excluding carboxylic acids is 1. The van der Waals surface area contributed by atoms with Crippen LogP contribution in [0.1, 0.15) is 53.9 Å². The average Bonchev–Trinajstić information content (AvgIpc) is 2.13. The average molecular weight is 208 g/mol. The third-order valence-electron chi connectivity index (χ3n) is 2.25. The van der Waals surface area contributed by atoms with Crippen molar-refractivity contribution in [1.29, 1.82) is 0 Å². The van der Waals surface area contributed by atoms with Crippen molar-refractivity contribution in [2.75, 3.05) is 0 Å². The molecule has 0 radical (unpaired) electrons. The minimum absolute atomic E-state index is 0.0840. The molecule has 0 rings (SSSR count). The number of hydrogen-bond donors (Lipinski definition) is 0. The highest BCUT2D eigenvalue weighted by atomic mass is 16.1. The van der Waals surface area contributed by atoms with Gasteiger partial charge in [0.1, 0.15) is 0 Å². The third-order valence-corrected chi connectivity index (χ3v) is 2.25. The summed E-state index contributed by atoms with van der Waals surface area (Å²) in [5, 5.41) is 0. The number of rotatable bonds is 6. The van der Waals surface area contributed by atoms with Crippen LogP contribution in [-0.2, 0) is 4.79 Å². The molecule has 0 aromatic carbocycles. The van der Waals surface area contributed by atoms with Gasteiger partial charge in [-0.3, -0.25) is 4.79 Å². The predicted octanol–water partition coefficient (Wildman–Crippen LogP) is 4.29. The molecule has 0 heterocycles. The molecule has 15 heavy (non-hydrogen) atoms.